The van der Waals surface area contributed by atoms with Crippen LogP contribution >= 0.6 is 24.0 Å². The van der Waals surface area contributed by atoms with Gasteiger partial charge >= 0.3 is 6.09 Å². The molecule has 0 unspecified atom stereocenters. The Bertz CT molecular complexity index is 566. The molecule has 0 aliphatic carbocycles. The molecule has 0 aliphatic rings. The number of nitrogens with zero attached hydrogens (tertiary/aromatic N) is 1. The van der Waals surface area contributed by atoms with Gasteiger partial charge in [-0.25, -0.2) is 4.79 Å². The van der Waals surface area contributed by atoms with E-state index < -0.39 is 11.7 Å². The zero-order valence-corrected chi connectivity index (χ0v) is 19.0. The number of nitrogens with one attached hydrogen (secondary N) is 3. The molecule has 6 nitrogen and oxygen atoms in total. The number of amides is 1. The van der Waals surface area contributed by atoms with Crippen LogP contribution in [0.15, 0.2) is 29.3 Å². The summed E-state index contributed by atoms with van der Waals surface area (Å²) in [6.07, 6.45) is 0.427. The van der Waals surface area contributed by atoms with E-state index >= 15 is 0 Å². The van der Waals surface area contributed by atoms with Gasteiger partial charge in [-0.3, -0.25) is 10.3 Å². The van der Waals surface area contributed by atoms with Crippen molar-refractivity contribution < 1.29 is 9.53 Å². The molecule has 7 heteroatoms. The van der Waals surface area contributed by atoms with Crippen LogP contribution in [0.1, 0.15) is 40.2 Å². The van der Waals surface area contributed by atoms with Crippen molar-refractivity contribution in [3.8, 4) is 0 Å². The van der Waals surface area contributed by atoms with Gasteiger partial charge in [0.25, 0.3) is 0 Å². The summed E-state index contributed by atoms with van der Waals surface area (Å²) in [5.41, 5.74) is 1.40. The number of aliphatic imine (C=N–C) groups is 1. The van der Waals surface area contributed by atoms with Gasteiger partial charge in [0.15, 0.2) is 5.96 Å². The number of hydrogen-bond acceptors (Lipinski definition) is 3. The molecule has 0 bridgehead atoms. The Labute approximate surface area is 174 Å². The van der Waals surface area contributed by atoms with E-state index in [9.17, 15) is 4.79 Å². The zero-order valence-electron chi connectivity index (χ0n) is 16.7. The minimum absolute atomic E-state index is 0. The number of halogens is 1. The number of rotatable bonds is 6. The number of carbonyl (C=O) groups excluding carboxylic acids is 1. The Hall–Kier alpha value is -1.51. The van der Waals surface area contributed by atoms with Crippen molar-refractivity contribution in [2.45, 2.75) is 46.6 Å². The van der Waals surface area contributed by atoms with E-state index in [1.165, 1.54) is 5.56 Å². The Kier molecular flexibility index (Phi) is 11.3. The molecule has 1 aromatic carbocycles. The molecule has 0 fully saturated rings. The maximum atomic E-state index is 11.7. The van der Waals surface area contributed by atoms with Crippen molar-refractivity contribution >= 4 is 41.7 Å². The Morgan fingerprint density at radius 1 is 1.15 bits per heavy atom. The maximum absolute atomic E-state index is 11.7. The highest BCUT2D eigenvalue weighted by Gasteiger charge is 2.16. The summed E-state index contributed by atoms with van der Waals surface area (Å²) in [5.74, 6) is 1.39. The predicted molar refractivity (Wildman–Crippen MR) is 120 cm³/mol. The SMILES string of the molecule is CN=C(NCCc1ccc(NC(=O)OC(C)(C)C)cc1)NCC(C)C.I. The minimum atomic E-state index is -0.502. The van der Waals surface area contributed by atoms with Gasteiger partial charge in [0.05, 0.1) is 0 Å². The van der Waals surface area contributed by atoms with Gasteiger partial charge in [0.2, 0.25) is 0 Å². The lowest BCUT2D eigenvalue weighted by Crippen LogP contribution is -2.39. The smallest absolute Gasteiger partial charge is 0.412 e. The van der Waals surface area contributed by atoms with Crippen LogP contribution in [0.5, 0.6) is 0 Å². The van der Waals surface area contributed by atoms with Crippen molar-refractivity contribution in [2.75, 3.05) is 25.5 Å². The van der Waals surface area contributed by atoms with Crippen molar-refractivity contribution in [3.63, 3.8) is 0 Å². The molecular formula is C19H33IN4O2. The van der Waals surface area contributed by atoms with Crippen molar-refractivity contribution in [3.05, 3.63) is 29.8 Å². The third kappa shape index (κ3) is 11.2. The molecule has 0 saturated carbocycles. The second kappa shape index (κ2) is 12.0. The first kappa shape index (κ1) is 24.5. The van der Waals surface area contributed by atoms with Crippen molar-refractivity contribution in [1.29, 1.82) is 0 Å². The summed E-state index contributed by atoms with van der Waals surface area (Å²) in [6.45, 7) is 11.5. The van der Waals surface area contributed by atoms with Crippen LogP contribution in [0.25, 0.3) is 0 Å². The lowest BCUT2D eigenvalue weighted by atomic mass is 10.1. The summed E-state index contributed by atoms with van der Waals surface area (Å²) in [5, 5.41) is 9.31. The molecule has 0 aromatic heterocycles. The van der Waals surface area contributed by atoms with E-state index in [1.54, 1.807) is 7.05 Å². The predicted octanol–water partition coefficient (Wildman–Crippen LogP) is 4.02. The summed E-state index contributed by atoms with van der Waals surface area (Å²) >= 11 is 0. The van der Waals surface area contributed by atoms with Crippen LogP contribution in [0.2, 0.25) is 0 Å². The average Bonchev–Trinajstić information content (AvgIpc) is 2.50. The number of guanidine groups is 1. The van der Waals surface area contributed by atoms with Gasteiger partial charge in [0.1, 0.15) is 5.60 Å². The van der Waals surface area contributed by atoms with E-state index in [2.05, 4.69) is 34.8 Å². The molecule has 0 aliphatic heterocycles. The van der Waals surface area contributed by atoms with Gasteiger partial charge < -0.3 is 15.4 Å². The second-order valence-corrected chi connectivity index (χ2v) is 7.35. The molecule has 0 atom stereocenters. The van der Waals surface area contributed by atoms with E-state index in [4.69, 9.17) is 4.74 Å². The third-order valence-electron chi connectivity index (χ3n) is 3.21. The fourth-order valence-electron chi connectivity index (χ4n) is 2.02. The largest absolute Gasteiger partial charge is 0.444 e. The third-order valence-corrected chi connectivity index (χ3v) is 3.21. The van der Waals surface area contributed by atoms with Gasteiger partial charge in [-0.15, -0.1) is 24.0 Å². The number of anilines is 1. The van der Waals surface area contributed by atoms with E-state index in [-0.39, 0.29) is 24.0 Å². The molecule has 148 valence electrons. The molecule has 26 heavy (non-hydrogen) atoms. The number of benzene rings is 1. The summed E-state index contributed by atoms with van der Waals surface area (Å²) in [7, 11) is 1.77. The number of hydrogen-bond donors (Lipinski definition) is 3. The van der Waals surface area contributed by atoms with Gasteiger partial charge in [0, 0.05) is 25.8 Å². The second-order valence-electron chi connectivity index (χ2n) is 7.35. The van der Waals surface area contributed by atoms with Crippen molar-refractivity contribution in [1.82, 2.24) is 10.6 Å². The van der Waals surface area contributed by atoms with Crippen LogP contribution in [0.3, 0.4) is 0 Å². The molecule has 0 spiro atoms. The first-order valence-electron chi connectivity index (χ1n) is 8.73. The van der Waals surface area contributed by atoms with Crippen LogP contribution in [-0.4, -0.2) is 37.8 Å². The van der Waals surface area contributed by atoms with Gasteiger partial charge in [-0.1, -0.05) is 26.0 Å². The first-order chi connectivity index (χ1) is 11.7. The lowest BCUT2D eigenvalue weighted by Gasteiger charge is -2.19. The highest BCUT2D eigenvalue weighted by molar-refractivity contribution is 14.0. The highest BCUT2D eigenvalue weighted by atomic mass is 127. The quantitative estimate of drug-likeness (QED) is 0.330. The van der Waals surface area contributed by atoms with E-state index in [0.717, 1.165) is 31.2 Å². The summed E-state index contributed by atoms with van der Waals surface area (Å²) < 4.78 is 5.23. The molecule has 0 radical (unpaired) electrons. The standard InChI is InChI=1S/C19H32N4O2.HI/c1-14(2)13-22-17(20-6)21-12-11-15-7-9-16(10-8-15)23-18(24)25-19(3,4)5;/h7-10,14H,11-13H2,1-6H3,(H,23,24)(H2,20,21,22);1H. The molecular weight excluding hydrogens is 443 g/mol. The molecule has 3 N–H and O–H groups in total. The minimum Gasteiger partial charge on any atom is -0.444 e. The summed E-state index contributed by atoms with van der Waals surface area (Å²) in [4.78, 5) is 15.9. The topological polar surface area (TPSA) is 74.8 Å². The molecule has 0 heterocycles. The fourth-order valence-corrected chi connectivity index (χ4v) is 2.02. The van der Waals surface area contributed by atoms with E-state index in [0.29, 0.717) is 5.92 Å². The lowest BCUT2D eigenvalue weighted by molar-refractivity contribution is 0.0636. The normalized spacial score (nSPS) is 11.6. The Morgan fingerprint density at radius 2 is 1.77 bits per heavy atom. The van der Waals surface area contributed by atoms with Crippen LogP contribution in [-0.2, 0) is 11.2 Å². The van der Waals surface area contributed by atoms with Gasteiger partial charge in [-0.05, 0) is 50.8 Å². The molecule has 1 rings (SSSR count). The van der Waals surface area contributed by atoms with E-state index in [1.807, 2.05) is 45.0 Å². The number of ether oxygens (including phenoxy) is 1. The maximum Gasteiger partial charge on any atom is 0.412 e. The van der Waals surface area contributed by atoms with Gasteiger partial charge in [-0.2, -0.15) is 0 Å². The highest BCUT2D eigenvalue weighted by Crippen LogP contribution is 2.13. The first-order valence-corrected chi connectivity index (χ1v) is 8.73. The van der Waals surface area contributed by atoms with Crippen molar-refractivity contribution in [2.24, 2.45) is 10.9 Å². The molecule has 0 saturated heterocycles. The monoisotopic (exact) mass is 476 g/mol. The fraction of sp³-hybridized carbons (Fsp3) is 0.579. The Balaban J connectivity index is 0.00000625. The van der Waals surface area contributed by atoms with Crippen LogP contribution in [0, 0.1) is 5.92 Å². The average molecular weight is 476 g/mol. The zero-order chi connectivity index (χ0) is 18.9. The number of carbonyl (C=O) groups is 1. The molecule has 1 amide bonds. The van der Waals surface area contributed by atoms with Crippen LogP contribution < -0.4 is 16.0 Å². The Morgan fingerprint density at radius 3 is 2.27 bits per heavy atom. The molecule has 1 aromatic rings. The summed E-state index contributed by atoms with van der Waals surface area (Å²) in [6, 6.07) is 7.76. The van der Waals surface area contributed by atoms with Crippen LogP contribution in [0.4, 0.5) is 10.5 Å².